The van der Waals surface area contributed by atoms with E-state index in [1.54, 1.807) is 14.2 Å². The Morgan fingerprint density at radius 2 is 1.76 bits per heavy atom. The van der Waals surface area contributed by atoms with Gasteiger partial charge < -0.3 is 9.47 Å². The molecule has 8 nitrogen and oxygen atoms in total. The first-order valence-electron chi connectivity index (χ1n) is 13.7. The molecular formula is C29H43NO7S. The maximum absolute atomic E-state index is 12.6. The first-order chi connectivity index (χ1) is 17.7. The van der Waals surface area contributed by atoms with E-state index in [-0.39, 0.29) is 29.1 Å². The highest BCUT2D eigenvalue weighted by atomic mass is 32.2. The average Bonchev–Trinajstić information content (AvgIpc) is 3.17. The summed E-state index contributed by atoms with van der Waals surface area (Å²) in [7, 11) is -0.747. The van der Waals surface area contributed by atoms with Crippen molar-refractivity contribution in [2.24, 2.45) is 28.6 Å². The van der Waals surface area contributed by atoms with Gasteiger partial charge in [0.2, 0.25) is 0 Å². The molecule has 1 N–H and O–H groups in total. The van der Waals surface area contributed by atoms with Crippen LogP contribution in [0.3, 0.4) is 0 Å². The highest BCUT2D eigenvalue weighted by Crippen LogP contribution is 2.64. The van der Waals surface area contributed by atoms with Gasteiger partial charge >= 0.3 is 0 Å². The van der Waals surface area contributed by atoms with Crippen LogP contribution in [0.25, 0.3) is 0 Å². The maximum atomic E-state index is 12.6. The van der Waals surface area contributed by atoms with Crippen LogP contribution in [0.15, 0.2) is 12.1 Å². The lowest BCUT2D eigenvalue weighted by molar-refractivity contribution is -0.129. The van der Waals surface area contributed by atoms with E-state index in [1.165, 1.54) is 11.1 Å². The maximum Gasteiger partial charge on any atom is 0.265 e. The molecule has 9 heteroatoms. The molecule has 2 heterocycles. The van der Waals surface area contributed by atoms with Crippen molar-refractivity contribution in [3.05, 3.63) is 23.3 Å². The fourth-order valence-electron chi connectivity index (χ4n) is 7.47. The van der Waals surface area contributed by atoms with E-state index in [0.717, 1.165) is 43.9 Å². The van der Waals surface area contributed by atoms with Crippen molar-refractivity contribution in [1.29, 1.82) is 0 Å². The van der Waals surface area contributed by atoms with Gasteiger partial charge in [-0.3, -0.25) is 19.0 Å². The van der Waals surface area contributed by atoms with E-state index >= 15 is 0 Å². The van der Waals surface area contributed by atoms with Crippen molar-refractivity contribution in [1.82, 2.24) is 4.90 Å². The van der Waals surface area contributed by atoms with Gasteiger partial charge in [0.1, 0.15) is 11.6 Å². The van der Waals surface area contributed by atoms with Crippen LogP contribution in [0.2, 0.25) is 0 Å². The van der Waals surface area contributed by atoms with Crippen molar-refractivity contribution in [3.8, 4) is 11.5 Å². The van der Waals surface area contributed by atoms with Crippen LogP contribution < -0.4 is 9.47 Å². The van der Waals surface area contributed by atoms with Gasteiger partial charge in [-0.1, -0.05) is 27.7 Å². The summed E-state index contributed by atoms with van der Waals surface area (Å²) in [5.74, 6) is 2.62. The minimum atomic E-state index is -4.08. The van der Waals surface area contributed by atoms with E-state index in [0.29, 0.717) is 31.0 Å². The van der Waals surface area contributed by atoms with Gasteiger partial charge in [-0.05, 0) is 66.2 Å². The molecule has 5 rings (SSSR count). The molecule has 2 aliphatic heterocycles. The second kappa shape index (κ2) is 10.5. The first kappa shape index (κ1) is 29.0. The average molecular weight is 550 g/mol. The SMILES string of the molecule is CC1(C)C2CCC1(CS(=O)(=O)O)C(=O)C2.COc1cc2c(cc1OC)[C@H]1CC(=O)[C@H](CC(C)C)CN1CC2. The summed E-state index contributed by atoms with van der Waals surface area (Å²) in [5.41, 5.74) is 1.41. The molecule has 1 aromatic rings. The summed E-state index contributed by atoms with van der Waals surface area (Å²) >= 11 is 0. The number of benzene rings is 1. The molecule has 0 radical (unpaired) electrons. The molecule has 4 atom stereocenters. The number of hydrogen-bond donors (Lipinski definition) is 1. The molecule has 38 heavy (non-hydrogen) atoms. The lowest BCUT2D eigenvalue weighted by Gasteiger charge is -2.43. The lowest BCUT2D eigenvalue weighted by Crippen LogP contribution is -2.46. The highest BCUT2D eigenvalue weighted by molar-refractivity contribution is 7.85. The number of carbonyl (C=O) groups excluding carboxylic acids is 2. The third-order valence-electron chi connectivity index (χ3n) is 9.74. The molecule has 2 bridgehead atoms. The smallest absolute Gasteiger partial charge is 0.265 e. The third kappa shape index (κ3) is 5.26. The Morgan fingerprint density at radius 3 is 2.29 bits per heavy atom. The van der Waals surface area contributed by atoms with E-state index in [2.05, 4.69) is 30.9 Å². The first-order valence-corrected chi connectivity index (χ1v) is 15.3. The molecule has 0 aromatic heterocycles. The fraction of sp³-hybridized carbons (Fsp3) is 0.724. The standard InChI is InChI=1S/C19H27NO3.C10H16O4S/c1-12(2)7-14-11-20-6-5-13-8-18(22-3)19(23-4)9-15(13)16(20)10-17(14)21;1-9(2)7-3-4-10(9,8(11)5-7)6-15(12,13)14/h8-9,12,14,16H,5-7,10-11H2,1-4H3;7H,3-6H2,1-2H3,(H,12,13,14)/t14-,16-;/m1./s1. The number of ether oxygens (including phenoxy) is 2. The monoisotopic (exact) mass is 549 g/mol. The number of fused-ring (bicyclic) bond motifs is 5. The van der Waals surface area contributed by atoms with E-state index in [4.69, 9.17) is 14.0 Å². The minimum absolute atomic E-state index is 0.0152. The van der Waals surface area contributed by atoms with Crippen molar-refractivity contribution in [2.45, 2.75) is 72.3 Å². The molecule has 2 unspecified atom stereocenters. The lowest BCUT2D eigenvalue weighted by atomic mass is 9.70. The zero-order chi connectivity index (χ0) is 28.0. The molecule has 2 saturated carbocycles. The number of hydrogen-bond acceptors (Lipinski definition) is 7. The molecule has 2 aliphatic carbocycles. The Bertz CT molecular complexity index is 1190. The molecule has 0 spiro atoms. The summed E-state index contributed by atoms with van der Waals surface area (Å²) < 4.78 is 41.8. The summed E-state index contributed by atoms with van der Waals surface area (Å²) in [6, 6.07) is 4.35. The molecular weight excluding hydrogens is 506 g/mol. The topological polar surface area (TPSA) is 110 Å². The molecule has 0 amide bonds. The molecule has 1 saturated heterocycles. The van der Waals surface area contributed by atoms with E-state index < -0.39 is 21.3 Å². The number of methoxy groups -OCH3 is 2. The number of ketones is 2. The Labute approximate surface area is 227 Å². The van der Waals surface area contributed by atoms with E-state index in [9.17, 15) is 18.0 Å². The Hall–Kier alpha value is -1.97. The van der Waals surface area contributed by atoms with Crippen molar-refractivity contribution < 1.29 is 32.0 Å². The van der Waals surface area contributed by atoms with Gasteiger partial charge in [0.15, 0.2) is 11.5 Å². The van der Waals surface area contributed by atoms with Crippen LogP contribution in [-0.4, -0.2) is 62.5 Å². The van der Waals surface area contributed by atoms with Crippen LogP contribution in [0.1, 0.15) is 77.0 Å². The summed E-state index contributed by atoms with van der Waals surface area (Å²) in [5, 5.41) is 0. The number of carbonyl (C=O) groups is 2. The number of piperidine rings is 1. The number of Topliss-reactive ketones (excluding diaryl/α,β-unsaturated/α-hetero) is 2. The molecule has 3 fully saturated rings. The van der Waals surface area contributed by atoms with Crippen LogP contribution in [0, 0.1) is 28.6 Å². The highest BCUT2D eigenvalue weighted by Gasteiger charge is 2.65. The number of nitrogens with zero attached hydrogens (tertiary/aromatic N) is 1. The quantitative estimate of drug-likeness (QED) is 0.516. The predicted molar refractivity (Wildman–Crippen MR) is 145 cm³/mol. The summed E-state index contributed by atoms with van der Waals surface area (Å²) in [6.07, 6.45) is 4.61. The molecule has 212 valence electrons. The largest absolute Gasteiger partial charge is 0.493 e. The normalized spacial score (nSPS) is 29.9. The molecule has 1 aromatic carbocycles. The zero-order valence-corrected chi connectivity index (χ0v) is 24.4. The minimum Gasteiger partial charge on any atom is -0.493 e. The second-order valence-electron chi connectivity index (χ2n) is 12.6. The van der Waals surface area contributed by atoms with Crippen LogP contribution in [0.4, 0.5) is 0 Å². The van der Waals surface area contributed by atoms with Gasteiger partial charge in [-0.25, -0.2) is 0 Å². The van der Waals surface area contributed by atoms with Crippen molar-refractivity contribution in [2.75, 3.05) is 33.1 Å². The van der Waals surface area contributed by atoms with Gasteiger partial charge in [0, 0.05) is 37.9 Å². The summed E-state index contributed by atoms with van der Waals surface area (Å²) in [4.78, 5) is 27.0. The second-order valence-corrected chi connectivity index (χ2v) is 14.0. The summed E-state index contributed by atoms with van der Waals surface area (Å²) in [6.45, 7) is 10.2. The van der Waals surface area contributed by atoms with Crippen LogP contribution >= 0.6 is 0 Å². The Balaban J connectivity index is 0.000000194. The third-order valence-corrected chi connectivity index (χ3v) is 10.6. The molecule has 4 aliphatic rings. The van der Waals surface area contributed by atoms with Crippen LogP contribution in [-0.2, 0) is 26.1 Å². The van der Waals surface area contributed by atoms with Gasteiger partial charge in [-0.2, -0.15) is 8.42 Å². The van der Waals surface area contributed by atoms with Crippen molar-refractivity contribution >= 4 is 21.7 Å². The fourth-order valence-corrected chi connectivity index (χ4v) is 8.77. The van der Waals surface area contributed by atoms with Crippen molar-refractivity contribution in [3.63, 3.8) is 0 Å². The Morgan fingerprint density at radius 1 is 1.11 bits per heavy atom. The van der Waals surface area contributed by atoms with Gasteiger partial charge in [0.05, 0.1) is 25.4 Å². The predicted octanol–water partition coefficient (Wildman–Crippen LogP) is 4.51. The zero-order valence-electron chi connectivity index (χ0n) is 23.6. The number of rotatable bonds is 6. The van der Waals surface area contributed by atoms with Gasteiger partial charge in [0.25, 0.3) is 10.1 Å². The Kier molecular flexibility index (Phi) is 8.05. The van der Waals surface area contributed by atoms with E-state index in [1.807, 2.05) is 13.8 Å². The van der Waals surface area contributed by atoms with Gasteiger partial charge in [-0.15, -0.1) is 0 Å². The van der Waals surface area contributed by atoms with Crippen LogP contribution in [0.5, 0.6) is 11.5 Å².